The summed E-state index contributed by atoms with van der Waals surface area (Å²) in [4.78, 5) is 60.8. The van der Waals surface area contributed by atoms with Gasteiger partial charge in [0.25, 0.3) is 0 Å². The molecule has 0 heterocycles. The number of nitrogens with two attached hydrogens (primary N) is 2. The Bertz CT molecular complexity index is 682. The fourth-order valence-corrected chi connectivity index (χ4v) is 2.84. The van der Waals surface area contributed by atoms with E-state index in [1.165, 1.54) is 0 Å². The highest BCUT2D eigenvalue weighted by Crippen LogP contribution is 2.11. The SMILES string of the molecule is CCC(C)C(NC(=O)C(CCC(N)=O)NC(=O)C(N)C(C)C)C(=O)NC(C(=O)O)C(C)C. The number of carboxylic acid groups (broad SMARTS) is 1. The lowest BCUT2D eigenvalue weighted by Gasteiger charge is -2.29. The Morgan fingerprint density at radius 3 is 1.75 bits per heavy atom. The highest BCUT2D eigenvalue weighted by Gasteiger charge is 2.33. The second-order valence-corrected chi connectivity index (χ2v) is 8.78. The summed E-state index contributed by atoms with van der Waals surface area (Å²) >= 11 is 0. The number of aliphatic carboxylic acids is 1. The van der Waals surface area contributed by atoms with E-state index in [1.54, 1.807) is 34.6 Å². The Kier molecular flexibility index (Phi) is 12.5. The molecule has 0 aromatic carbocycles. The second-order valence-electron chi connectivity index (χ2n) is 8.78. The zero-order valence-electron chi connectivity index (χ0n) is 19.8. The number of carbonyl (C=O) groups is 5. The lowest BCUT2D eigenvalue weighted by atomic mass is 9.96. The number of carboxylic acids is 1. The van der Waals surface area contributed by atoms with E-state index in [4.69, 9.17) is 11.5 Å². The monoisotopic (exact) mass is 457 g/mol. The number of nitrogens with one attached hydrogen (secondary N) is 3. The molecule has 4 amide bonds. The van der Waals surface area contributed by atoms with Crippen molar-refractivity contribution in [2.24, 2.45) is 29.2 Å². The number of hydrogen-bond donors (Lipinski definition) is 6. The fraction of sp³-hybridized carbons (Fsp3) is 0.762. The smallest absolute Gasteiger partial charge is 0.326 e. The molecular weight excluding hydrogens is 418 g/mol. The molecule has 5 unspecified atom stereocenters. The van der Waals surface area contributed by atoms with E-state index in [9.17, 15) is 29.1 Å². The summed E-state index contributed by atoms with van der Waals surface area (Å²) in [6.45, 7) is 10.4. The van der Waals surface area contributed by atoms with Crippen LogP contribution in [0.1, 0.15) is 60.8 Å². The van der Waals surface area contributed by atoms with E-state index in [1.807, 2.05) is 6.92 Å². The zero-order chi connectivity index (χ0) is 25.2. The van der Waals surface area contributed by atoms with E-state index >= 15 is 0 Å². The second kappa shape index (κ2) is 13.7. The van der Waals surface area contributed by atoms with Crippen LogP contribution < -0.4 is 27.4 Å². The predicted octanol–water partition coefficient (Wildman–Crippen LogP) is -0.524. The van der Waals surface area contributed by atoms with Gasteiger partial charge < -0.3 is 32.5 Å². The summed E-state index contributed by atoms with van der Waals surface area (Å²) in [7, 11) is 0. The van der Waals surface area contributed by atoms with Crippen LogP contribution >= 0.6 is 0 Å². The van der Waals surface area contributed by atoms with Gasteiger partial charge in [0.05, 0.1) is 6.04 Å². The Labute approximate surface area is 189 Å². The summed E-state index contributed by atoms with van der Waals surface area (Å²) in [5.74, 6) is -4.62. The average molecular weight is 458 g/mol. The molecule has 0 aliphatic heterocycles. The van der Waals surface area contributed by atoms with Crippen molar-refractivity contribution in [3.63, 3.8) is 0 Å². The van der Waals surface area contributed by atoms with Crippen LogP contribution in [-0.4, -0.2) is 58.9 Å². The molecule has 0 spiro atoms. The molecule has 32 heavy (non-hydrogen) atoms. The fourth-order valence-electron chi connectivity index (χ4n) is 2.84. The molecule has 0 aliphatic carbocycles. The van der Waals surface area contributed by atoms with Gasteiger partial charge in [0.15, 0.2) is 0 Å². The van der Waals surface area contributed by atoms with Crippen molar-refractivity contribution in [2.45, 2.75) is 85.0 Å². The minimum atomic E-state index is -1.18. The van der Waals surface area contributed by atoms with E-state index in [0.717, 1.165) is 0 Å². The van der Waals surface area contributed by atoms with Gasteiger partial charge in [-0.1, -0.05) is 48.0 Å². The van der Waals surface area contributed by atoms with Gasteiger partial charge in [-0.25, -0.2) is 4.79 Å². The highest BCUT2D eigenvalue weighted by atomic mass is 16.4. The Hall–Kier alpha value is -2.69. The van der Waals surface area contributed by atoms with Crippen LogP contribution in [0.5, 0.6) is 0 Å². The molecule has 0 bridgehead atoms. The maximum Gasteiger partial charge on any atom is 0.326 e. The molecule has 0 saturated heterocycles. The molecular formula is C21H39N5O6. The van der Waals surface area contributed by atoms with Crippen LogP contribution in [0.15, 0.2) is 0 Å². The number of amides is 4. The first kappa shape index (κ1) is 29.3. The van der Waals surface area contributed by atoms with Gasteiger partial charge in [-0.05, 0) is 24.2 Å². The van der Waals surface area contributed by atoms with Crippen LogP contribution in [0, 0.1) is 17.8 Å². The number of rotatable bonds is 14. The van der Waals surface area contributed by atoms with Gasteiger partial charge in [0, 0.05) is 6.42 Å². The third-order valence-electron chi connectivity index (χ3n) is 5.36. The van der Waals surface area contributed by atoms with Crippen molar-refractivity contribution < 1.29 is 29.1 Å². The third kappa shape index (κ3) is 9.63. The molecule has 0 rings (SSSR count). The van der Waals surface area contributed by atoms with Crippen molar-refractivity contribution in [1.29, 1.82) is 0 Å². The molecule has 5 atom stereocenters. The number of primary amides is 1. The minimum Gasteiger partial charge on any atom is -0.480 e. The average Bonchev–Trinajstić information content (AvgIpc) is 2.70. The molecule has 11 nitrogen and oxygen atoms in total. The van der Waals surface area contributed by atoms with Crippen molar-refractivity contribution in [1.82, 2.24) is 16.0 Å². The van der Waals surface area contributed by atoms with Gasteiger partial charge >= 0.3 is 5.97 Å². The largest absolute Gasteiger partial charge is 0.480 e. The molecule has 184 valence electrons. The summed E-state index contributed by atoms with van der Waals surface area (Å²) in [6, 6.07) is -4.17. The van der Waals surface area contributed by atoms with Gasteiger partial charge in [-0.3, -0.25) is 19.2 Å². The zero-order valence-corrected chi connectivity index (χ0v) is 19.8. The van der Waals surface area contributed by atoms with Crippen LogP contribution in [0.4, 0.5) is 0 Å². The Morgan fingerprint density at radius 1 is 0.812 bits per heavy atom. The summed E-state index contributed by atoms with van der Waals surface area (Å²) < 4.78 is 0. The molecule has 0 fully saturated rings. The van der Waals surface area contributed by atoms with Crippen molar-refractivity contribution in [3.05, 3.63) is 0 Å². The summed E-state index contributed by atoms with van der Waals surface area (Å²) in [6.07, 6.45) is 0.286. The first-order valence-electron chi connectivity index (χ1n) is 10.9. The summed E-state index contributed by atoms with van der Waals surface area (Å²) in [5, 5.41) is 16.9. The number of hydrogen-bond acceptors (Lipinski definition) is 6. The lowest BCUT2D eigenvalue weighted by Crippen LogP contribution is -2.59. The third-order valence-corrected chi connectivity index (χ3v) is 5.36. The maximum atomic E-state index is 13.0. The van der Waals surface area contributed by atoms with Crippen molar-refractivity contribution in [2.75, 3.05) is 0 Å². The summed E-state index contributed by atoms with van der Waals surface area (Å²) in [5.41, 5.74) is 11.0. The van der Waals surface area contributed by atoms with Crippen LogP contribution in [0.3, 0.4) is 0 Å². The molecule has 0 radical (unpaired) electrons. The number of carbonyl (C=O) groups excluding carboxylic acids is 4. The molecule has 11 heteroatoms. The Balaban J connectivity index is 5.62. The van der Waals surface area contributed by atoms with Gasteiger partial charge in [-0.15, -0.1) is 0 Å². The normalized spacial score (nSPS) is 15.9. The van der Waals surface area contributed by atoms with E-state index in [0.29, 0.717) is 6.42 Å². The minimum absolute atomic E-state index is 0.0731. The van der Waals surface area contributed by atoms with Gasteiger partial charge in [-0.2, -0.15) is 0 Å². The van der Waals surface area contributed by atoms with Gasteiger partial charge in [0.1, 0.15) is 18.1 Å². The maximum absolute atomic E-state index is 13.0. The quantitative estimate of drug-likeness (QED) is 0.202. The van der Waals surface area contributed by atoms with Crippen LogP contribution in [-0.2, 0) is 24.0 Å². The topological polar surface area (TPSA) is 194 Å². The first-order chi connectivity index (χ1) is 14.7. The van der Waals surface area contributed by atoms with Crippen LogP contribution in [0.2, 0.25) is 0 Å². The van der Waals surface area contributed by atoms with Crippen LogP contribution in [0.25, 0.3) is 0 Å². The van der Waals surface area contributed by atoms with Gasteiger partial charge in [0.2, 0.25) is 23.6 Å². The molecule has 0 aromatic rings. The van der Waals surface area contributed by atoms with E-state index in [2.05, 4.69) is 16.0 Å². The highest BCUT2D eigenvalue weighted by molar-refractivity contribution is 5.94. The first-order valence-corrected chi connectivity index (χ1v) is 10.9. The molecule has 0 aromatic heterocycles. The molecule has 0 saturated carbocycles. The standard InChI is InChI=1S/C21H39N5O6/c1-7-12(6)17(20(30)25-16(11(4)5)21(31)32)26-18(28)13(8-9-14(22)27)24-19(29)15(23)10(2)3/h10-13,15-17H,7-9,23H2,1-6H3,(H2,22,27)(H,24,29)(H,25,30)(H,26,28)(H,31,32). The Morgan fingerprint density at radius 2 is 1.34 bits per heavy atom. The van der Waals surface area contributed by atoms with E-state index in [-0.39, 0.29) is 30.6 Å². The van der Waals surface area contributed by atoms with E-state index < -0.39 is 53.8 Å². The molecule has 8 N–H and O–H groups in total. The predicted molar refractivity (Wildman–Crippen MR) is 119 cm³/mol. The van der Waals surface area contributed by atoms with Crippen molar-refractivity contribution >= 4 is 29.6 Å². The lowest BCUT2D eigenvalue weighted by molar-refractivity contribution is -0.144. The molecule has 0 aliphatic rings. The van der Waals surface area contributed by atoms with Crippen molar-refractivity contribution in [3.8, 4) is 0 Å².